The van der Waals surface area contributed by atoms with E-state index in [9.17, 15) is 13.9 Å². The standard InChI is InChI=1S/C10H13F2NO/c1-6(13)4-10(14)7-2-3-8(11)9(12)5-7/h2-3,5-6,10,14H,4,13H2,1H3. The van der Waals surface area contributed by atoms with Gasteiger partial charge in [0.05, 0.1) is 6.10 Å². The highest BCUT2D eigenvalue weighted by atomic mass is 19.2. The Morgan fingerprint density at radius 3 is 2.50 bits per heavy atom. The normalized spacial score (nSPS) is 15.2. The van der Waals surface area contributed by atoms with Crippen molar-refractivity contribution in [3.05, 3.63) is 35.4 Å². The third-order valence-electron chi connectivity index (χ3n) is 1.92. The van der Waals surface area contributed by atoms with Gasteiger partial charge in [0.15, 0.2) is 11.6 Å². The van der Waals surface area contributed by atoms with E-state index in [0.717, 1.165) is 12.1 Å². The van der Waals surface area contributed by atoms with Crippen molar-refractivity contribution >= 4 is 0 Å². The second-order valence-electron chi connectivity index (χ2n) is 3.40. The van der Waals surface area contributed by atoms with Gasteiger partial charge in [-0.15, -0.1) is 0 Å². The van der Waals surface area contributed by atoms with Gasteiger partial charge < -0.3 is 10.8 Å². The number of aliphatic hydroxyl groups excluding tert-OH is 1. The van der Waals surface area contributed by atoms with E-state index in [2.05, 4.69) is 0 Å². The first kappa shape index (κ1) is 11.1. The summed E-state index contributed by atoms with van der Waals surface area (Å²) in [5.41, 5.74) is 5.82. The molecule has 0 heterocycles. The maximum Gasteiger partial charge on any atom is 0.159 e. The van der Waals surface area contributed by atoms with Gasteiger partial charge in [-0.25, -0.2) is 8.78 Å². The molecule has 0 aliphatic carbocycles. The van der Waals surface area contributed by atoms with Crippen LogP contribution in [0.3, 0.4) is 0 Å². The Hall–Kier alpha value is -1.00. The number of nitrogens with two attached hydrogens (primary N) is 1. The van der Waals surface area contributed by atoms with Crippen molar-refractivity contribution in [2.75, 3.05) is 0 Å². The van der Waals surface area contributed by atoms with Gasteiger partial charge in [0.2, 0.25) is 0 Å². The van der Waals surface area contributed by atoms with Gasteiger partial charge >= 0.3 is 0 Å². The van der Waals surface area contributed by atoms with E-state index >= 15 is 0 Å². The fourth-order valence-corrected chi connectivity index (χ4v) is 1.21. The zero-order valence-corrected chi connectivity index (χ0v) is 7.87. The van der Waals surface area contributed by atoms with Crippen LogP contribution in [-0.4, -0.2) is 11.1 Å². The topological polar surface area (TPSA) is 46.2 Å². The fraction of sp³-hybridized carbons (Fsp3) is 0.400. The van der Waals surface area contributed by atoms with Crippen LogP contribution in [0.1, 0.15) is 25.0 Å². The zero-order valence-electron chi connectivity index (χ0n) is 7.87. The third kappa shape index (κ3) is 2.75. The molecule has 0 amide bonds. The van der Waals surface area contributed by atoms with Crippen LogP contribution in [0, 0.1) is 11.6 Å². The molecule has 3 N–H and O–H groups in total. The van der Waals surface area contributed by atoms with Gasteiger partial charge in [-0.2, -0.15) is 0 Å². The Morgan fingerprint density at radius 2 is 2.00 bits per heavy atom. The van der Waals surface area contributed by atoms with Gasteiger partial charge in [-0.05, 0) is 31.0 Å². The summed E-state index contributed by atoms with van der Waals surface area (Å²) in [6.07, 6.45) is -0.518. The second kappa shape index (κ2) is 4.48. The SMILES string of the molecule is CC(N)CC(O)c1ccc(F)c(F)c1. The van der Waals surface area contributed by atoms with Crippen LogP contribution in [0.15, 0.2) is 18.2 Å². The van der Waals surface area contributed by atoms with Gasteiger partial charge in [-0.1, -0.05) is 6.07 Å². The predicted molar refractivity (Wildman–Crippen MR) is 49.6 cm³/mol. The molecule has 78 valence electrons. The van der Waals surface area contributed by atoms with Crippen molar-refractivity contribution < 1.29 is 13.9 Å². The molecule has 0 aromatic heterocycles. The van der Waals surface area contributed by atoms with Crippen molar-refractivity contribution in [1.29, 1.82) is 0 Å². The molecular weight excluding hydrogens is 188 g/mol. The highest BCUT2D eigenvalue weighted by molar-refractivity contribution is 5.20. The summed E-state index contributed by atoms with van der Waals surface area (Å²) in [6, 6.07) is 3.15. The average molecular weight is 201 g/mol. The van der Waals surface area contributed by atoms with Crippen LogP contribution in [0.4, 0.5) is 8.78 Å². The summed E-state index contributed by atoms with van der Waals surface area (Å²) in [5.74, 6) is -1.87. The Labute approximate surface area is 81.4 Å². The molecule has 1 rings (SSSR count). The molecule has 0 fully saturated rings. The maximum absolute atomic E-state index is 12.8. The third-order valence-corrected chi connectivity index (χ3v) is 1.92. The maximum atomic E-state index is 12.8. The summed E-state index contributed by atoms with van der Waals surface area (Å²) in [7, 11) is 0. The quantitative estimate of drug-likeness (QED) is 0.782. The molecule has 14 heavy (non-hydrogen) atoms. The summed E-state index contributed by atoms with van der Waals surface area (Å²) in [4.78, 5) is 0. The largest absolute Gasteiger partial charge is 0.388 e. The van der Waals surface area contributed by atoms with Crippen molar-refractivity contribution in [1.82, 2.24) is 0 Å². The molecule has 2 unspecified atom stereocenters. The van der Waals surface area contributed by atoms with E-state index < -0.39 is 17.7 Å². The van der Waals surface area contributed by atoms with Gasteiger partial charge in [0.25, 0.3) is 0 Å². The van der Waals surface area contributed by atoms with Crippen LogP contribution in [0.5, 0.6) is 0 Å². The lowest BCUT2D eigenvalue weighted by Crippen LogP contribution is -2.18. The molecule has 0 aliphatic rings. The Morgan fingerprint density at radius 1 is 1.36 bits per heavy atom. The first-order valence-corrected chi connectivity index (χ1v) is 4.39. The van der Waals surface area contributed by atoms with E-state index in [1.54, 1.807) is 6.92 Å². The first-order chi connectivity index (χ1) is 6.50. The molecular formula is C10H13F2NO. The monoisotopic (exact) mass is 201 g/mol. The van der Waals surface area contributed by atoms with E-state index in [4.69, 9.17) is 5.73 Å². The Balaban J connectivity index is 2.80. The summed E-state index contributed by atoms with van der Waals surface area (Å²) in [6.45, 7) is 1.74. The molecule has 0 radical (unpaired) electrons. The summed E-state index contributed by atoms with van der Waals surface area (Å²) in [5, 5.41) is 9.54. The summed E-state index contributed by atoms with van der Waals surface area (Å²) >= 11 is 0. The molecule has 1 aromatic rings. The van der Waals surface area contributed by atoms with Crippen molar-refractivity contribution in [2.45, 2.75) is 25.5 Å². The minimum Gasteiger partial charge on any atom is -0.388 e. The van der Waals surface area contributed by atoms with Crippen molar-refractivity contribution in [3.63, 3.8) is 0 Å². The van der Waals surface area contributed by atoms with Crippen LogP contribution in [0.25, 0.3) is 0 Å². The molecule has 4 heteroatoms. The van der Waals surface area contributed by atoms with Crippen LogP contribution in [-0.2, 0) is 0 Å². The van der Waals surface area contributed by atoms with Crippen molar-refractivity contribution in [2.24, 2.45) is 5.73 Å². The number of aliphatic hydroxyl groups is 1. The Kier molecular flexibility index (Phi) is 3.55. The van der Waals surface area contributed by atoms with E-state index in [0.29, 0.717) is 12.0 Å². The van der Waals surface area contributed by atoms with E-state index in [1.807, 2.05) is 0 Å². The first-order valence-electron chi connectivity index (χ1n) is 4.39. The van der Waals surface area contributed by atoms with E-state index in [1.165, 1.54) is 6.07 Å². The smallest absolute Gasteiger partial charge is 0.159 e. The second-order valence-corrected chi connectivity index (χ2v) is 3.40. The minimum atomic E-state index is -0.953. The fourth-order valence-electron chi connectivity index (χ4n) is 1.21. The number of hydrogen-bond donors (Lipinski definition) is 2. The number of rotatable bonds is 3. The lowest BCUT2D eigenvalue weighted by Gasteiger charge is -2.13. The molecule has 0 saturated heterocycles. The average Bonchev–Trinajstić information content (AvgIpc) is 2.08. The molecule has 1 aromatic carbocycles. The molecule has 0 aliphatic heterocycles. The number of hydrogen-bond acceptors (Lipinski definition) is 2. The van der Waals surface area contributed by atoms with E-state index in [-0.39, 0.29) is 6.04 Å². The van der Waals surface area contributed by atoms with Gasteiger partial charge in [0, 0.05) is 6.04 Å². The molecule has 0 spiro atoms. The van der Waals surface area contributed by atoms with Crippen molar-refractivity contribution in [3.8, 4) is 0 Å². The minimum absolute atomic E-state index is 0.182. The number of halogens is 2. The lowest BCUT2D eigenvalue weighted by atomic mass is 10.0. The van der Waals surface area contributed by atoms with Gasteiger partial charge in [0.1, 0.15) is 0 Å². The summed E-state index contributed by atoms with van der Waals surface area (Å²) < 4.78 is 25.3. The predicted octanol–water partition coefficient (Wildman–Crippen LogP) is 1.74. The molecule has 0 saturated carbocycles. The highest BCUT2D eigenvalue weighted by Crippen LogP contribution is 2.19. The lowest BCUT2D eigenvalue weighted by molar-refractivity contribution is 0.159. The molecule has 2 nitrogen and oxygen atoms in total. The van der Waals surface area contributed by atoms with Crippen LogP contribution < -0.4 is 5.73 Å². The van der Waals surface area contributed by atoms with Gasteiger partial charge in [-0.3, -0.25) is 0 Å². The van der Waals surface area contributed by atoms with Crippen LogP contribution >= 0.6 is 0 Å². The molecule has 0 bridgehead atoms. The van der Waals surface area contributed by atoms with Crippen LogP contribution in [0.2, 0.25) is 0 Å². The number of benzene rings is 1. The Bertz CT molecular complexity index is 315. The highest BCUT2D eigenvalue weighted by Gasteiger charge is 2.12. The zero-order chi connectivity index (χ0) is 10.7. The molecule has 2 atom stereocenters.